The molecule has 42 heavy (non-hydrogen) atoms. The van der Waals surface area contributed by atoms with Gasteiger partial charge in [0.25, 0.3) is 0 Å². The van der Waals surface area contributed by atoms with E-state index in [0.717, 1.165) is 0 Å². The molecule has 0 fully saturated rings. The van der Waals surface area contributed by atoms with Gasteiger partial charge < -0.3 is 38.8 Å². The number of benzene rings is 2. The van der Waals surface area contributed by atoms with Crippen LogP contribution in [0.1, 0.15) is 25.0 Å². The summed E-state index contributed by atoms with van der Waals surface area (Å²) in [5.74, 6) is -0.138. The van der Waals surface area contributed by atoms with Crippen LogP contribution in [0.5, 0.6) is 17.4 Å². The lowest BCUT2D eigenvalue weighted by Gasteiger charge is -2.18. The van der Waals surface area contributed by atoms with Crippen molar-refractivity contribution in [3.05, 3.63) is 53.9 Å². The quantitative estimate of drug-likeness (QED) is 0.145. The van der Waals surface area contributed by atoms with Gasteiger partial charge in [-0.25, -0.2) is 4.98 Å². The number of rotatable bonds is 12. The third-order valence-corrected chi connectivity index (χ3v) is 8.25. The Morgan fingerprint density at radius 3 is 2.29 bits per heavy atom. The van der Waals surface area contributed by atoms with Gasteiger partial charge in [0.15, 0.2) is 0 Å². The molecule has 0 radical (unpaired) electrons. The van der Waals surface area contributed by atoms with E-state index in [9.17, 15) is 22.8 Å². The summed E-state index contributed by atoms with van der Waals surface area (Å²) in [6.45, 7) is 3.85. The summed E-state index contributed by atoms with van der Waals surface area (Å²) in [5, 5.41) is 17.0. The molecule has 0 atom stereocenters. The number of fused-ring (bicyclic) bond motifs is 1. The Morgan fingerprint density at radius 2 is 1.67 bits per heavy atom. The number of hydrogen-bond acceptors (Lipinski definition) is 10. The summed E-state index contributed by atoms with van der Waals surface area (Å²) in [7, 11) is 1.08. The van der Waals surface area contributed by atoms with Gasteiger partial charge in [-0.1, -0.05) is 6.07 Å². The van der Waals surface area contributed by atoms with Gasteiger partial charge in [0.05, 0.1) is 50.4 Å². The Kier molecular flexibility index (Phi) is 9.19. The van der Waals surface area contributed by atoms with Crippen molar-refractivity contribution in [3.8, 4) is 17.4 Å². The first-order valence-electron chi connectivity index (χ1n) is 12.8. The summed E-state index contributed by atoms with van der Waals surface area (Å²) in [6, 6.07) is 7.93. The molecule has 4 rings (SSSR count). The lowest BCUT2D eigenvalue weighted by atomic mass is 10.1. The Labute approximate surface area is 240 Å². The smallest absolute Gasteiger partial charge is 0.421 e. The zero-order valence-electron chi connectivity index (χ0n) is 23.6. The van der Waals surface area contributed by atoms with Crippen LogP contribution in [0, 0.1) is 0 Å². The first kappa shape index (κ1) is 30.9. The number of aryl methyl sites for hydroxylation is 1. The van der Waals surface area contributed by atoms with E-state index in [4.69, 9.17) is 18.5 Å². The van der Waals surface area contributed by atoms with Crippen LogP contribution < -0.4 is 20.1 Å². The van der Waals surface area contributed by atoms with Crippen molar-refractivity contribution < 1.29 is 41.4 Å². The molecule has 4 aromatic rings. The zero-order chi connectivity index (χ0) is 30.7. The first-order chi connectivity index (χ1) is 19.9. The van der Waals surface area contributed by atoms with Crippen LogP contribution >= 0.6 is 7.60 Å². The number of nitrogens with one attached hydrogen (secondary N) is 2. The van der Waals surface area contributed by atoms with Crippen molar-refractivity contribution >= 4 is 41.5 Å². The Balaban J connectivity index is 1.70. The highest BCUT2D eigenvalue weighted by Crippen LogP contribution is 2.52. The maximum absolute atomic E-state index is 14.0. The van der Waals surface area contributed by atoms with E-state index in [1.54, 1.807) is 51.4 Å². The van der Waals surface area contributed by atoms with Gasteiger partial charge in [0.1, 0.15) is 22.9 Å². The number of hydrogen-bond donors (Lipinski definition) is 3. The van der Waals surface area contributed by atoms with E-state index < -0.39 is 25.2 Å². The summed E-state index contributed by atoms with van der Waals surface area (Å²) < 4.78 is 77.8. The summed E-state index contributed by atoms with van der Waals surface area (Å²) in [4.78, 5) is 7.97. The molecule has 2 aromatic carbocycles. The summed E-state index contributed by atoms with van der Waals surface area (Å²) >= 11 is 0. The zero-order valence-corrected chi connectivity index (χ0v) is 24.5. The number of alkyl halides is 3. The van der Waals surface area contributed by atoms with Crippen molar-refractivity contribution in [2.45, 2.75) is 26.2 Å². The molecule has 0 saturated carbocycles. The van der Waals surface area contributed by atoms with Gasteiger partial charge in [-0.05, 0) is 43.7 Å². The van der Waals surface area contributed by atoms with Crippen LogP contribution in [0.25, 0.3) is 10.8 Å². The number of aromatic hydroxyl groups is 1. The maximum Gasteiger partial charge on any atom is 0.421 e. The maximum atomic E-state index is 14.0. The normalized spacial score (nSPS) is 12.0. The van der Waals surface area contributed by atoms with E-state index >= 15 is 0 Å². The first-order valence-corrected chi connectivity index (χ1v) is 14.5. The largest absolute Gasteiger partial charge is 0.496 e. The monoisotopic (exact) mass is 609 g/mol. The molecule has 0 aliphatic rings. The number of nitrogens with zero attached hydrogens (tertiary/aromatic N) is 3. The molecule has 2 aromatic heterocycles. The summed E-state index contributed by atoms with van der Waals surface area (Å²) in [5.41, 5.74) is 0.0121. The van der Waals surface area contributed by atoms with Crippen molar-refractivity contribution in [2.24, 2.45) is 7.05 Å². The van der Waals surface area contributed by atoms with Crippen LogP contribution in [-0.2, 0) is 33.0 Å². The predicted molar refractivity (Wildman–Crippen MR) is 152 cm³/mol. The Bertz CT molecular complexity index is 1620. The minimum Gasteiger partial charge on any atom is -0.496 e. The molecule has 0 amide bonds. The van der Waals surface area contributed by atoms with Crippen molar-refractivity contribution in [1.82, 2.24) is 14.5 Å². The molecule has 0 saturated heterocycles. The van der Waals surface area contributed by atoms with E-state index in [1.165, 1.54) is 24.9 Å². The van der Waals surface area contributed by atoms with Gasteiger partial charge in [-0.15, -0.1) is 0 Å². The van der Waals surface area contributed by atoms with E-state index in [2.05, 4.69) is 20.6 Å². The lowest BCUT2D eigenvalue weighted by molar-refractivity contribution is -0.137. The van der Waals surface area contributed by atoms with Crippen LogP contribution in [0.4, 0.5) is 36.3 Å². The van der Waals surface area contributed by atoms with Crippen molar-refractivity contribution in [1.29, 1.82) is 0 Å². The number of methoxy groups -OCH3 is 2. The molecule has 15 heteroatoms. The van der Waals surface area contributed by atoms with Gasteiger partial charge in [0, 0.05) is 24.8 Å². The van der Waals surface area contributed by atoms with Gasteiger partial charge >= 0.3 is 13.8 Å². The molecular formula is C27H31F3N5O6P. The molecule has 226 valence electrons. The minimum absolute atomic E-state index is 0.00116. The highest BCUT2D eigenvalue weighted by Gasteiger charge is 2.36. The standard InChI is InChI=1S/C27H31F3N5O6P/c1-6-40-42(37,41-7-2)15-16-8-9-19(22(12-16)39-5)33-26-31-13-18(27(28,29)30)24(34-26)32-20-10-11-21(38-4)17-14-35(3)25(36)23(17)20/h8-14,36H,6-7,15H2,1-5H3,(H2,31,32,33,34). The molecule has 0 aliphatic heterocycles. The fourth-order valence-electron chi connectivity index (χ4n) is 4.36. The van der Waals surface area contributed by atoms with Gasteiger partial charge in [0.2, 0.25) is 11.8 Å². The number of ether oxygens (including phenoxy) is 2. The number of aromatic nitrogens is 3. The molecule has 0 bridgehead atoms. The van der Waals surface area contributed by atoms with Crippen molar-refractivity contribution in [2.75, 3.05) is 38.1 Å². The lowest BCUT2D eigenvalue weighted by Crippen LogP contribution is -2.13. The second kappa shape index (κ2) is 12.5. The molecule has 0 unspecified atom stereocenters. The molecule has 2 heterocycles. The average Bonchev–Trinajstić information content (AvgIpc) is 3.23. The van der Waals surface area contributed by atoms with E-state index in [1.807, 2.05) is 0 Å². The summed E-state index contributed by atoms with van der Waals surface area (Å²) in [6.07, 6.45) is -2.52. The molecule has 3 N–H and O–H groups in total. The highest BCUT2D eigenvalue weighted by molar-refractivity contribution is 7.53. The highest BCUT2D eigenvalue weighted by atomic mass is 31.2. The minimum atomic E-state index is -4.78. The molecule has 11 nitrogen and oxygen atoms in total. The molecule has 0 aliphatic carbocycles. The van der Waals surface area contributed by atoms with Crippen LogP contribution in [0.3, 0.4) is 0 Å². The van der Waals surface area contributed by atoms with Gasteiger partial charge in [-0.2, -0.15) is 18.2 Å². The van der Waals surface area contributed by atoms with Gasteiger partial charge in [-0.3, -0.25) is 4.57 Å². The number of halogens is 3. The molecule has 0 spiro atoms. The predicted octanol–water partition coefficient (Wildman–Crippen LogP) is 6.96. The fourth-order valence-corrected chi connectivity index (χ4v) is 6.05. The fraction of sp³-hybridized carbons (Fsp3) is 0.333. The Hall–Kier alpha value is -4.00. The van der Waals surface area contributed by atoms with Crippen molar-refractivity contribution in [3.63, 3.8) is 0 Å². The second-order valence-electron chi connectivity index (χ2n) is 9.01. The number of anilines is 4. The van der Waals surface area contributed by atoms with Crippen LogP contribution in [-0.4, -0.2) is 47.1 Å². The average molecular weight is 610 g/mol. The van der Waals surface area contributed by atoms with Crippen LogP contribution in [0.15, 0.2) is 42.7 Å². The Morgan fingerprint density at radius 1 is 1.00 bits per heavy atom. The van der Waals surface area contributed by atoms with E-state index in [-0.39, 0.29) is 42.3 Å². The van der Waals surface area contributed by atoms with E-state index in [0.29, 0.717) is 34.3 Å². The topological polar surface area (TPSA) is 129 Å². The third kappa shape index (κ3) is 6.56. The SMILES string of the molecule is CCOP(=O)(Cc1ccc(Nc2ncc(C(F)(F)F)c(Nc3ccc(OC)c4cn(C)c(O)c34)n2)c(OC)c1)OCC. The third-order valence-electron chi connectivity index (χ3n) is 6.19. The molecular weight excluding hydrogens is 578 g/mol. The second-order valence-corrected chi connectivity index (χ2v) is 11.1. The van der Waals surface area contributed by atoms with Crippen LogP contribution in [0.2, 0.25) is 0 Å².